The van der Waals surface area contributed by atoms with Crippen LogP contribution in [0.2, 0.25) is 0 Å². The Morgan fingerprint density at radius 3 is 2.74 bits per heavy atom. The minimum atomic E-state index is -3.04. The molecule has 0 amide bonds. The number of nitrogens with two attached hydrogens (primary N) is 1. The molecule has 0 aromatic heterocycles. The summed E-state index contributed by atoms with van der Waals surface area (Å²) in [5, 5.41) is -0.342. The molecule has 3 atom stereocenters. The SMILES string of the molecule is CCC1CCC(CN)(N2CCSCC2S(C)(=O)=O)C1. The summed E-state index contributed by atoms with van der Waals surface area (Å²) in [7, 11) is -3.04. The van der Waals surface area contributed by atoms with E-state index in [9.17, 15) is 8.42 Å². The lowest BCUT2D eigenvalue weighted by atomic mass is 9.92. The van der Waals surface area contributed by atoms with E-state index in [1.807, 2.05) is 0 Å². The average molecular weight is 306 g/mol. The van der Waals surface area contributed by atoms with Crippen molar-refractivity contribution in [2.75, 3.05) is 30.9 Å². The quantitative estimate of drug-likeness (QED) is 0.848. The van der Waals surface area contributed by atoms with Crippen molar-refractivity contribution in [3.8, 4) is 0 Å². The van der Waals surface area contributed by atoms with Gasteiger partial charge in [0.1, 0.15) is 5.37 Å². The second-order valence-electron chi connectivity index (χ2n) is 6.00. The van der Waals surface area contributed by atoms with Gasteiger partial charge in [0, 0.05) is 36.4 Å². The highest BCUT2D eigenvalue weighted by molar-refractivity contribution is 8.00. The molecule has 2 N–H and O–H groups in total. The number of hydrogen-bond acceptors (Lipinski definition) is 5. The van der Waals surface area contributed by atoms with Crippen molar-refractivity contribution in [3.05, 3.63) is 0 Å². The molecule has 0 bridgehead atoms. The summed E-state index contributed by atoms with van der Waals surface area (Å²) in [5.41, 5.74) is 6.00. The first-order chi connectivity index (χ1) is 8.93. The van der Waals surface area contributed by atoms with Crippen LogP contribution in [-0.4, -0.2) is 55.1 Å². The van der Waals surface area contributed by atoms with Gasteiger partial charge in [-0.1, -0.05) is 13.3 Å². The Kier molecular flexibility index (Phi) is 4.86. The molecule has 1 heterocycles. The molecule has 1 saturated carbocycles. The molecular formula is C13H26N2O2S2. The molecule has 2 aliphatic rings. The van der Waals surface area contributed by atoms with Gasteiger partial charge in [0.2, 0.25) is 0 Å². The molecule has 6 heteroatoms. The third kappa shape index (κ3) is 3.12. The Hall–Kier alpha value is 0.220. The fraction of sp³-hybridized carbons (Fsp3) is 1.00. The third-order valence-corrected chi connectivity index (χ3v) is 7.48. The summed E-state index contributed by atoms with van der Waals surface area (Å²) < 4.78 is 24.1. The Morgan fingerprint density at radius 1 is 1.47 bits per heavy atom. The molecular weight excluding hydrogens is 280 g/mol. The first kappa shape index (κ1) is 15.6. The number of nitrogens with zero attached hydrogens (tertiary/aromatic N) is 1. The smallest absolute Gasteiger partial charge is 0.164 e. The zero-order valence-electron chi connectivity index (χ0n) is 12.0. The van der Waals surface area contributed by atoms with E-state index in [4.69, 9.17) is 5.73 Å². The van der Waals surface area contributed by atoms with Gasteiger partial charge in [0.25, 0.3) is 0 Å². The van der Waals surface area contributed by atoms with Crippen LogP contribution in [0.4, 0.5) is 0 Å². The standard InChI is InChI=1S/C13H26N2O2S2/c1-3-11-4-5-13(8-11,10-14)15-6-7-18-9-12(15)19(2,16)17/h11-12H,3-10,14H2,1-2H3. The number of rotatable bonds is 4. The highest BCUT2D eigenvalue weighted by Gasteiger charge is 2.47. The monoisotopic (exact) mass is 306 g/mol. The fourth-order valence-electron chi connectivity index (χ4n) is 3.60. The maximum Gasteiger partial charge on any atom is 0.164 e. The van der Waals surface area contributed by atoms with Crippen LogP contribution in [0.15, 0.2) is 0 Å². The number of thioether (sulfide) groups is 1. The van der Waals surface area contributed by atoms with E-state index in [2.05, 4.69) is 11.8 Å². The van der Waals surface area contributed by atoms with Gasteiger partial charge >= 0.3 is 0 Å². The van der Waals surface area contributed by atoms with Gasteiger partial charge in [-0.15, -0.1) is 0 Å². The minimum Gasteiger partial charge on any atom is -0.329 e. The second-order valence-corrected chi connectivity index (χ2v) is 9.35. The summed E-state index contributed by atoms with van der Waals surface area (Å²) in [4.78, 5) is 2.23. The van der Waals surface area contributed by atoms with E-state index in [-0.39, 0.29) is 10.9 Å². The van der Waals surface area contributed by atoms with E-state index >= 15 is 0 Å². The van der Waals surface area contributed by atoms with Gasteiger partial charge in [-0.25, -0.2) is 8.42 Å². The van der Waals surface area contributed by atoms with Gasteiger partial charge in [-0.3, -0.25) is 4.90 Å². The maximum absolute atomic E-state index is 12.1. The van der Waals surface area contributed by atoms with Gasteiger partial charge in [0.15, 0.2) is 9.84 Å². The largest absolute Gasteiger partial charge is 0.329 e. The van der Waals surface area contributed by atoms with E-state index in [0.29, 0.717) is 18.2 Å². The number of hydrogen-bond donors (Lipinski definition) is 1. The summed E-state index contributed by atoms with van der Waals surface area (Å²) in [6, 6.07) is 0. The fourth-order valence-corrected chi connectivity index (χ4v) is 6.55. The zero-order chi connectivity index (χ0) is 14.1. The van der Waals surface area contributed by atoms with Crippen molar-refractivity contribution in [1.82, 2.24) is 4.90 Å². The van der Waals surface area contributed by atoms with Crippen molar-refractivity contribution < 1.29 is 8.42 Å². The molecule has 0 spiro atoms. The van der Waals surface area contributed by atoms with Crippen LogP contribution in [0.1, 0.15) is 32.6 Å². The molecule has 4 nitrogen and oxygen atoms in total. The van der Waals surface area contributed by atoms with Crippen molar-refractivity contribution in [2.24, 2.45) is 11.7 Å². The average Bonchev–Trinajstić information content (AvgIpc) is 2.82. The molecule has 19 heavy (non-hydrogen) atoms. The molecule has 0 radical (unpaired) electrons. The number of sulfone groups is 1. The van der Waals surface area contributed by atoms with Gasteiger partial charge in [-0.05, 0) is 25.2 Å². The normalized spacial score (nSPS) is 37.6. The van der Waals surface area contributed by atoms with Crippen LogP contribution in [0.25, 0.3) is 0 Å². The maximum atomic E-state index is 12.1. The van der Waals surface area contributed by atoms with E-state index in [0.717, 1.165) is 25.1 Å². The summed E-state index contributed by atoms with van der Waals surface area (Å²) in [6.07, 6.45) is 5.85. The van der Waals surface area contributed by atoms with Gasteiger partial charge < -0.3 is 5.73 Å². The summed E-state index contributed by atoms with van der Waals surface area (Å²) in [6.45, 7) is 3.66. The third-order valence-electron chi connectivity index (χ3n) is 4.83. The lowest BCUT2D eigenvalue weighted by Crippen LogP contribution is -2.61. The predicted octanol–water partition coefficient (Wildman–Crippen LogP) is 1.31. The molecule has 1 saturated heterocycles. The highest BCUT2D eigenvalue weighted by atomic mass is 32.2. The van der Waals surface area contributed by atoms with E-state index in [1.165, 1.54) is 19.1 Å². The molecule has 2 fully saturated rings. The van der Waals surface area contributed by atoms with Crippen LogP contribution >= 0.6 is 11.8 Å². The first-order valence-electron chi connectivity index (χ1n) is 7.16. The zero-order valence-corrected chi connectivity index (χ0v) is 13.6. The van der Waals surface area contributed by atoms with Crippen molar-refractivity contribution >= 4 is 21.6 Å². The molecule has 112 valence electrons. The molecule has 1 aliphatic heterocycles. The van der Waals surface area contributed by atoms with Crippen LogP contribution < -0.4 is 5.73 Å². The Bertz CT molecular complexity index is 413. The van der Waals surface area contributed by atoms with Crippen molar-refractivity contribution in [3.63, 3.8) is 0 Å². The first-order valence-corrected chi connectivity index (χ1v) is 10.3. The van der Waals surface area contributed by atoms with Crippen LogP contribution in [0, 0.1) is 5.92 Å². The van der Waals surface area contributed by atoms with E-state index < -0.39 is 9.84 Å². The molecule has 3 unspecified atom stereocenters. The minimum absolute atomic E-state index is 0.0740. The Morgan fingerprint density at radius 2 is 2.21 bits per heavy atom. The lowest BCUT2D eigenvalue weighted by molar-refractivity contribution is 0.0905. The topological polar surface area (TPSA) is 63.4 Å². The predicted molar refractivity (Wildman–Crippen MR) is 82.1 cm³/mol. The van der Waals surface area contributed by atoms with Crippen LogP contribution in [0.3, 0.4) is 0 Å². The van der Waals surface area contributed by atoms with Crippen LogP contribution in [-0.2, 0) is 9.84 Å². The molecule has 0 aromatic rings. The Balaban J connectivity index is 2.25. The van der Waals surface area contributed by atoms with Crippen LogP contribution in [0.5, 0.6) is 0 Å². The van der Waals surface area contributed by atoms with Gasteiger partial charge in [0.05, 0.1) is 0 Å². The van der Waals surface area contributed by atoms with E-state index in [1.54, 1.807) is 11.8 Å². The molecule has 1 aliphatic carbocycles. The van der Waals surface area contributed by atoms with Crippen molar-refractivity contribution in [1.29, 1.82) is 0 Å². The highest BCUT2D eigenvalue weighted by Crippen LogP contribution is 2.42. The lowest BCUT2D eigenvalue weighted by Gasteiger charge is -2.47. The molecule has 2 rings (SSSR count). The summed E-state index contributed by atoms with van der Waals surface area (Å²) >= 11 is 1.75. The molecule has 0 aromatic carbocycles. The van der Waals surface area contributed by atoms with Gasteiger partial charge in [-0.2, -0.15) is 11.8 Å². The Labute approximate surface area is 121 Å². The summed E-state index contributed by atoms with van der Waals surface area (Å²) in [5.74, 6) is 2.42. The van der Waals surface area contributed by atoms with Crippen molar-refractivity contribution in [2.45, 2.75) is 43.5 Å². The second kappa shape index (κ2) is 5.92.